The highest BCUT2D eigenvalue weighted by Gasteiger charge is 2.27. The summed E-state index contributed by atoms with van der Waals surface area (Å²) in [6.45, 7) is 3.01. The molecule has 1 saturated heterocycles. The summed E-state index contributed by atoms with van der Waals surface area (Å²) in [5, 5.41) is 2.79. The summed E-state index contributed by atoms with van der Waals surface area (Å²) >= 11 is 0. The van der Waals surface area contributed by atoms with Crippen molar-refractivity contribution in [2.24, 2.45) is 0 Å². The van der Waals surface area contributed by atoms with Gasteiger partial charge in [0.25, 0.3) is 11.8 Å². The number of anilines is 1. The molecule has 0 saturated carbocycles. The van der Waals surface area contributed by atoms with Gasteiger partial charge >= 0.3 is 0 Å². The number of benzene rings is 1. The minimum absolute atomic E-state index is 0.107. The van der Waals surface area contributed by atoms with Crippen LogP contribution in [0.1, 0.15) is 53.6 Å². The number of carbonyl (C=O) groups excluding carboxylic acids is 2. The number of aromatic nitrogens is 1. The summed E-state index contributed by atoms with van der Waals surface area (Å²) in [7, 11) is 0. The molecule has 2 aromatic rings. The van der Waals surface area contributed by atoms with Crippen molar-refractivity contribution in [1.29, 1.82) is 0 Å². The van der Waals surface area contributed by atoms with Crippen molar-refractivity contribution in [1.82, 2.24) is 9.88 Å². The Morgan fingerprint density at radius 1 is 1.14 bits per heavy atom. The number of likely N-dealkylation sites (tertiary alicyclic amines) is 1. The zero-order valence-corrected chi connectivity index (χ0v) is 15.8. The van der Waals surface area contributed by atoms with E-state index in [4.69, 9.17) is 9.47 Å². The number of nitrogens with one attached hydrogen (secondary N) is 1. The van der Waals surface area contributed by atoms with Gasteiger partial charge in [0.15, 0.2) is 11.5 Å². The summed E-state index contributed by atoms with van der Waals surface area (Å²) in [4.78, 5) is 31.8. The molecule has 7 nitrogen and oxygen atoms in total. The zero-order valence-electron chi connectivity index (χ0n) is 15.8. The summed E-state index contributed by atoms with van der Waals surface area (Å²) < 4.78 is 10.6. The maximum absolute atomic E-state index is 12.9. The number of fused-ring (bicyclic) bond motifs is 1. The Labute approximate surface area is 163 Å². The first-order valence-corrected chi connectivity index (χ1v) is 9.64. The topological polar surface area (TPSA) is 80.8 Å². The Kier molecular flexibility index (Phi) is 5.14. The fraction of sp³-hybridized carbons (Fsp3) is 0.381. The van der Waals surface area contributed by atoms with Gasteiger partial charge in [0.2, 0.25) is 6.79 Å². The Balaban J connectivity index is 1.50. The monoisotopic (exact) mass is 381 g/mol. The summed E-state index contributed by atoms with van der Waals surface area (Å²) in [6.07, 6.45) is 4.10. The number of nitrogens with zero attached hydrogens (tertiary/aromatic N) is 2. The Bertz CT molecular complexity index is 899. The van der Waals surface area contributed by atoms with Crippen LogP contribution in [0.15, 0.2) is 36.4 Å². The van der Waals surface area contributed by atoms with Gasteiger partial charge in [-0.2, -0.15) is 0 Å². The molecule has 1 aromatic carbocycles. The second-order valence-electron chi connectivity index (χ2n) is 6.99. The largest absolute Gasteiger partial charge is 0.454 e. The lowest BCUT2D eigenvalue weighted by Gasteiger charge is -2.35. The van der Waals surface area contributed by atoms with Crippen LogP contribution >= 0.6 is 0 Å². The molecule has 0 aliphatic carbocycles. The first-order valence-electron chi connectivity index (χ1n) is 9.64. The SMILES string of the molecule is CCC1CCCCN1C(=O)c1cccc(C(=O)Nc2ccc3c(c2)OCO3)n1. The van der Waals surface area contributed by atoms with Gasteiger partial charge in [-0.1, -0.05) is 13.0 Å². The Morgan fingerprint density at radius 3 is 2.82 bits per heavy atom. The highest BCUT2D eigenvalue weighted by molar-refractivity contribution is 6.04. The quantitative estimate of drug-likeness (QED) is 0.877. The molecule has 1 unspecified atom stereocenters. The Hall–Kier alpha value is -3.09. The van der Waals surface area contributed by atoms with Crippen molar-refractivity contribution in [2.75, 3.05) is 18.7 Å². The van der Waals surface area contributed by atoms with E-state index in [9.17, 15) is 9.59 Å². The van der Waals surface area contributed by atoms with Crippen molar-refractivity contribution < 1.29 is 19.1 Å². The molecule has 1 N–H and O–H groups in total. The van der Waals surface area contributed by atoms with Gasteiger partial charge in [-0.25, -0.2) is 4.98 Å². The molecule has 0 spiro atoms. The predicted octanol–water partition coefficient (Wildman–Crippen LogP) is 3.47. The molecule has 2 aliphatic heterocycles. The van der Waals surface area contributed by atoms with Crippen LogP contribution in [0.3, 0.4) is 0 Å². The van der Waals surface area contributed by atoms with Gasteiger partial charge in [0.05, 0.1) is 0 Å². The second kappa shape index (κ2) is 7.88. The first-order chi connectivity index (χ1) is 13.7. The fourth-order valence-corrected chi connectivity index (χ4v) is 3.69. The van der Waals surface area contributed by atoms with E-state index in [0.717, 1.165) is 32.2 Å². The molecule has 1 aromatic heterocycles. The maximum atomic E-state index is 12.9. The van der Waals surface area contributed by atoms with E-state index in [1.807, 2.05) is 4.90 Å². The van der Waals surface area contributed by atoms with Crippen LogP contribution in [0.5, 0.6) is 11.5 Å². The molecular formula is C21H23N3O4. The first kappa shape index (κ1) is 18.3. The molecule has 1 fully saturated rings. The van der Waals surface area contributed by atoms with Crippen LogP contribution in [-0.4, -0.2) is 41.1 Å². The van der Waals surface area contributed by atoms with E-state index >= 15 is 0 Å². The van der Waals surface area contributed by atoms with Crippen molar-refractivity contribution in [3.8, 4) is 11.5 Å². The lowest BCUT2D eigenvalue weighted by molar-refractivity contribution is 0.0602. The standard InChI is InChI=1S/C21H23N3O4/c1-2-15-6-3-4-11-24(15)21(26)17-8-5-7-16(23-17)20(25)22-14-9-10-18-19(12-14)28-13-27-18/h5,7-10,12,15H,2-4,6,11,13H2,1H3,(H,22,25). The number of carbonyl (C=O) groups is 2. The molecule has 3 heterocycles. The minimum atomic E-state index is -0.376. The fourth-order valence-electron chi connectivity index (χ4n) is 3.69. The number of hydrogen-bond acceptors (Lipinski definition) is 5. The van der Waals surface area contributed by atoms with E-state index < -0.39 is 0 Å². The van der Waals surface area contributed by atoms with Crippen molar-refractivity contribution in [3.05, 3.63) is 47.8 Å². The van der Waals surface area contributed by atoms with Gasteiger partial charge < -0.3 is 19.7 Å². The van der Waals surface area contributed by atoms with Gasteiger partial charge in [0, 0.05) is 24.3 Å². The van der Waals surface area contributed by atoms with Crippen molar-refractivity contribution in [2.45, 2.75) is 38.6 Å². The molecule has 28 heavy (non-hydrogen) atoms. The number of amides is 2. The van der Waals surface area contributed by atoms with E-state index in [2.05, 4.69) is 17.2 Å². The molecule has 1 atom stereocenters. The summed E-state index contributed by atoms with van der Waals surface area (Å²) in [5.41, 5.74) is 1.09. The average Bonchev–Trinajstić information content (AvgIpc) is 3.21. The van der Waals surface area contributed by atoms with Gasteiger partial charge in [-0.15, -0.1) is 0 Å². The van der Waals surface area contributed by atoms with Crippen LogP contribution < -0.4 is 14.8 Å². The molecule has 7 heteroatoms. The highest BCUT2D eigenvalue weighted by atomic mass is 16.7. The zero-order chi connectivity index (χ0) is 19.5. The molecular weight excluding hydrogens is 358 g/mol. The van der Waals surface area contributed by atoms with Crippen LogP contribution in [0.2, 0.25) is 0 Å². The van der Waals surface area contributed by atoms with E-state index in [1.165, 1.54) is 0 Å². The molecule has 2 amide bonds. The third kappa shape index (κ3) is 3.65. The number of rotatable bonds is 4. The summed E-state index contributed by atoms with van der Waals surface area (Å²) in [6, 6.07) is 10.4. The van der Waals surface area contributed by atoms with E-state index in [0.29, 0.717) is 22.9 Å². The average molecular weight is 381 g/mol. The lowest BCUT2D eigenvalue weighted by atomic mass is 9.99. The smallest absolute Gasteiger partial charge is 0.274 e. The minimum Gasteiger partial charge on any atom is -0.454 e. The number of piperidine rings is 1. The van der Waals surface area contributed by atoms with Crippen LogP contribution in [-0.2, 0) is 0 Å². The molecule has 2 aliphatic rings. The van der Waals surface area contributed by atoms with Gasteiger partial charge in [-0.05, 0) is 49.9 Å². The van der Waals surface area contributed by atoms with Gasteiger partial charge in [-0.3, -0.25) is 9.59 Å². The Morgan fingerprint density at radius 2 is 1.96 bits per heavy atom. The van der Waals surface area contributed by atoms with Crippen molar-refractivity contribution in [3.63, 3.8) is 0 Å². The number of pyridine rings is 1. The van der Waals surface area contributed by atoms with Crippen LogP contribution in [0.4, 0.5) is 5.69 Å². The van der Waals surface area contributed by atoms with Crippen LogP contribution in [0, 0.1) is 0 Å². The lowest BCUT2D eigenvalue weighted by Crippen LogP contribution is -2.43. The number of hydrogen-bond donors (Lipinski definition) is 1. The molecule has 4 rings (SSSR count). The number of ether oxygens (including phenoxy) is 2. The maximum Gasteiger partial charge on any atom is 0.274 e. The predicted molar refractivity (Wildman–Crippen MR) is 104 cm³/mol. The van der Waals surface area contributed by atoms with E-state index in [1.54, 1.807) is 36.4 Å². The molecule has 0 radical (unpaired) electrons. The molecule has 0 bridgehead atoms. The van der Waals surface area contributed by atoms with Gasteiger partial charge in [0.1, 0.15) is 11.4 Å². The van der Waals surface area contributed by atoms with Crippen LogP contribution in [0.25, 0.3) is 0 Å². The van der Waals surface area contributed by atoms with E-state index in [-0.39, 0.29) is 30.3 Å². The normalized spacial score (nSPS) is 18.0. The summed E-state index contributed by atoms with van der Waals surface area (Å²) in [5.74, 6) is 0.754. The third-order valence-corrected chi connectivity index (χ3v) is 5.19. The third-order valence-electron chi connectivity index (χ3n) is 5.19. The highest BCUT2D eigenvalue weighted by Crippen LogP contribution is 2.34. The second-order valence-corrected chi connectivity index (χ2v) is 6.99. The van der Waals surface area contributed by atoms with Crippen molar-refractivity contribution >= 4 is 17.5 Å². The molecule has 146 valence electrons.